The van der Waals surface area contributed by atoms with Gasteiger partial charge in [0, 0.05) is 23.6 Å². The van der Waals surface area contributed by atoms with Crippen LogP contribution in [0.5, 0.6) is 0 Å². The standard InChI is InChI=1S/C16H17NO2.C3H8/c1-19-9-14-7-16(14,8-14)10-3-2-4-11-12(10)15(5-6-15)13(18)17-11;1-3-2/h2-4H,5-9H2,1H3,(H,17,18);3H2,1-2H3. The Morgan fingerprint density at radius 3 is 2.50 bits per heavy atom. The molecule has 22 heavy (non-hydrogen) atoms. The van der Waals surface area contributed by atoms with E-state index >= 15 is 0 Å². The Morgan fingerprint density at radius 2 is 1.91 bits per heavy atom. The van der Waals surface area contributed by atoms with Crippen LogP contribution in [0.15, 0.2) is 18.2 Å². The summed E-state index contributed by atoms with van der Waals surface area (Å²) in [6.45, 7) is 5.12. The molecule has 0 aromatic heterocycles. The molecule has 3 nitrogen and oxygen atoms in total. The average Bonchev–Trinajstić information content (AvgIpc) is 3.34. The first-order valence-corrected chi connectivity index (χ1v) is 8.53. The van der Waals surface area contributed by atoms with Crippen LogP contribution in [0.25, 0.3) is 0 Å². The van der Waals surface area contributed by atoms with Gasteiger partial charge < -0.3 is 10.1 Å². The van der Waals surface area contributed by atoms with Crippen LogP contribution in [-0.2, 0) is 20.4 Å². The number of carbonyl (C=O) groups is 1. The van der Waals surface area contributed by atoms with Gasteiger partial charge in [-0.3, -0.25) is 4.79 Å². The predicted octanol–water partition coefficient (Wildman–Crippen LogP) is 3.76. The molecule has 1 aliphatic heterocycles. The molecule has 3 aliphatic carbocycles. The molecule has 1 aromatic carbocycles. The van der Waals surface area contributed by atoms with Crippen molar-refractivity contribution in [1.29, 1.82) is 0 Å². The van der Waals surface area contributed by atoms with Gasteiger partial charge in [0.25, 0.3) is 0 Å². The average molecular weight is 299 g/mol. The van der Waals surface area contributed by atoms with Crippen molar-refractivity contribution < 1.29 is 9.53 Å². The van der Waals surface area contributed by atoms with Crippen LogP contribution in [0.1, 0.15) is 57.1 Å². The van der Waals surface area contributed by atoms with E-state index in [4.69, 9.17) is 4.74 Å². The topological polar surface area (TPSA) is 38.3 Å². The Balaban J connectivity index is 0.000000389. The van der Waals surface area contributed by atoms with Gasteiger partial charge >= 0.3 is 0 Å². The fourth-order valence-corrected chi connectivity index (χ4v) is 4.54. The molecule has 0 radical (unpaired) electrons. The minimum absolute atomic E-state index is 0.162. The van der Waals surface area contributed by atoms with Crippen molar-refractivity contribution >= 4 is 11.6 Å². The summed E-state index contributed by atoms with van der Waals surface area (Å²) in [7, 11) is 1.79. The van der Waals surface area contributed by atoms with Crippen LogP contribution < -0.4 is 5.32 Å². The van der Waals surface area contributed by atoms with Gasteiger partial charge in [0.15, 0.2) is 0 Å². The van der Waals surface area contributed by atoms with Gasteiger partial charge in [0.2, 0.25) is 5.91 Å². The highest BCUT2D eigenvalue weighted by Crippen LogP contribution is 2.87. The molecule has 0 atom stereocenters. The van der Waals surface area contributed by atoms with Gasteiger partial charge in [-0.25, -0.2) is 0 Å². The number of methoxy groups -OCH3 is 1. The Morgan fingerprint density at radius 1 is 1.23 bits per heavy atom. The van der Waals surface area contributed by atoms with E-state index in [9.17, 15) is 4.79 Å². The van der Waals surface area contributed by atoms with Crippen LogP contribution >= 0.6 is 0 Å². The summed E-state index contributed by atoms with van der Waals surface area (Å²) in [5.41, 5.74) is 4.42. The summed E-state index contributed by atoms with van der Waals surface area (Å²) in [4.78, 5) is 12.2. The SMILES string of the molecule is CCC.COCC12CC1(c1cccc3c1C1(CC1)C(=O)N3)C2. The lowest BCUT2D eigenvalue weighted by molar-refractivity contribution is -0.117. The highest BCUT2D eigenvalue weighted by atomic mass is 16.5. The molecule has 5 rings (SSSR count). The second kappa shape index (κ2) is 4.35. The van der Waals surface area contributed by atoms with Crippen molar-refractivity contribution in [2.45, 2.75) is 56.8 Å². The monoisotopic (exact) mass is 299 g/mol. The Hall–Kier alpha value is -1.35. The highest BCUT2D eigenvalue weighted by molar-refractivity contribution is 6.09. The summed E-state index contributed by atoms with van der Waals surface area (Å²) in [6.07, 6.45) is 5.79. The maximum atomic E-state index is 12.2. The second-order valence-corrected chi connectivity index (χ2v) is 7.62. The lowest BCUT2D eigenvalue weighted by Gasteiger charge is -2.13. The van der Waals surface area contributed by atoms with E-state index < -0.39 is 0 Å². The van der Waals surface area contributed by atoms with Crippen molar-refractivity contribution in [2.24, 2.45) is 5.41 Å². The van der Waals surface area contributed by atoms with E-state index in [1.54, 1.807) is 7.11 Å². The number of ether oxygens (including phenoxy) is 1. The number of amides is 1. The lowest BCUT2D eigenvalue weighted by Crippen LogP contribution is -2.19. The molecule has 118 valence electrons. The molecule has 1 heterocycles. The van der Waals surface area contributed by atoms with Gasteiger partial charge in [0.05, 0.1) is 12.0 Å². The van der Waals surface area contributed by atoms with Crippen molar-refractivity contribution in [3.8, 4) is 0 Å². The van der Waals surface area contributed by atoms with Crippen LogP contribution in [0.4, 0.5) is 5.69 Å². The lowest BCUT2D eigenvalue weighted by atomic mass is 9.87. The molecular formula is C19H25NO2. The number of rotatable bonds is 3. The first-order chi connectivity index (χ1) is 10.6. The summed E-state index contributed by atoms with van der Waals surface area (Å²) >= 11 is 0. The van der Waals surface area contributed by atoms with Gasteiger partial charge in [-0.2, -0.15) is 0 Å². The quantitative estimate of drug-likeness (QED) is 0.922. The van der Waals surface area contributed by atoms with Gasteiger partial charge in [-0.15, -0.1) is 0 Å². The van der Waals surface area contributed by atoms with E-state index in [1.165, 1.54) is 30.4 Å². The minimum Gasteiger partial charge on any atom is -0.384 e. The number of anilines is 1. The molecule has 0 bridgehead atoms. The maximum Gasteiger partial charge on any atom is 0.235 e. The van der Waals surface area contributed by atoms with Crippen LogP contribution in [-0.4, -0.2) is 19.6 Å². The van der Waals surface area contributed by atoms with E-state index in [0.717, 1.165) is 25.1 Å². The van der Waals surface area contributed by atoms with E-state index in [0.29, 0.717) is 10.8 Å². The number of hydrogen-bond donors (Lipinski definition) is 1. The largest absolute Gasteiger partial charge is 0.384 e. The van der Waals surface area contributed by atoms with Crippen LogP contribution in [0.3, 0.4) is 0 Å². The Bertz CT molecular complexity index is 639. The number of nitrogens with one attached hydrogen (secondary N) is 1. The summed E-state index contributed by atoms with van der Waals surface area (Å²) < 4.78 is 5.38. The first-order valence-electron chi connectivity index (χ1n) is 8.53. The Kier molecular flexibility index (Phi) is 2.82. The third-order valence-corrected chi connectivity index (χ3v) is 5.96. The second-order valence-electron chi connectivity index (χ2n) is 7.62. The van der Waals surface area contributed by atoms with Crippen molar-refractivity contribution in [3.63, 3.8) is 0 Å². The normalized spacial score (nSPS) is 34.2. The first kappa shape index (κ1) is 14.3. The maximum absolute atomic E-state index is 12.2. The third kappa shape index (κ3) is 1.58. The predicted molar refractivity (Wildman–Crippen MR) is 87.2 cm³/mol. The van der Waals surface area contributed by atoms with E-state index in [-0.39, 0.29) is 11.3 Å². The fraction of sp³-hybridized carbons (Fsp3) is 0.632. The summed E-state index contributed by atoms with van der Waals surface area (Å²) in [6, 6.07) is 6.41. The zero-order chi connectivity index (χ0) is 15.6. The number of carbonyl (C=O) groups excluding carboxylic acids is 1. The van der Waals surface area contributed by atoms with Gasteiger partial charge in [-0.05, 0) is 42.9 Å². The number of fused-ring (bicyclic) bond motifs is 3. The molecule has 0 saturated heterocycles. The molecule has 3 saturated carbocycles. The van der Waals surface area contributed by atoms with E-state index in [1.807, 2.05) is 0 Å². The molecule has 1 amide bonds. The van der Waals surface area contributed by atoms with Crippen molar-refractivity contribution in [1.82, 2.24) is 0 Å². The molecular weight excluding hydrogens is 274 g/mol. The molecule has 1 N–H and O–H groups in total. The molecule has 1 aromatic rings. The van der Waals surface area contributed by atoms with Gasteiger partial charge in [0.1, 0.15) is 0 Å². The molecule has 3 fully saturated rings. The zero-order valence-electron chi connectivity index (χ0n) is 13.8. The fourth-order valence-electron chi connectivity index (χ4n) is 4.54. The highest BCUT2D eigenvalue weighted by Gasteiger charge is 2.84. The molecule has 4 aliphatic rings. The summed E-state index contributed by atoms with van der Waals surface area (Å²) in [5, 5.41) is 3.08. The zero-order valence-corrected chi connectivity index (χ0v) is 13.8. The Labute approximate surface area is 132 Å². The smallest absolute Gasteiger partial charge is 0.235 e. The van der Waals surface area contributed by atoms with Gasteiger partial charge in [-0.1, -0.05) is 32.4 Å². The number of benzene rings is 1. The van der Waals surface area contributed by atoms with Crippen molar-refractivity contribution in [3.05, 3.63) is 29.3 Å². The summed E-state index contributed by atoms with van der Waals surface area (Å²) in [5.74, 6) is 0.227. The molecule has 3 heteroatoms. The molecule has 1 spiro atoms. The van der Waals surface area contributed by atoms with E-state index in [2.05, 4.69) is 37.4 Å². The number of hydrogen-bond acceptors (Lipinski definition) is 2. The molecule has 0 unspecified atom stereocenters. The minimum atomic E-state index is -0.162. The van der Waals surface area contributed by atoms with Crippen LogP contribution in [0.2, 0.25) is 0 Å². The van der Waals surface area contributed by atoms with Crippen molar-refractivity contribution in [2.75, 3.05) is 19.0 Å². The third-order valence-electron chi connectivity index (χ3n) is 5.96. The van der Waals surface area contributed by atoms with Crippen LogP contribution in [0, 0.1) is 5.41 Å².